The van der Waals surface area contributed by atoms with Gasteiger partial charge in [0, 0.05) is 17.6 Å². The molecule has 3 aliphatic rings. The van der Waals surface area contributed by atoms with E-state index in [1.165, 1.54) is 30.5 Å². The molecule has 5 nitrogen and oxygen atoms in total. The van der Waals surface area contributed by atoms with Crippen LogP contribution < -0.4 is 4.72 Å². The van der Waals surface area contributed by atoms with Gasteiger partial charge in [-0.05, 0) is 86.3 Å². The van der Waals surface area contributed by atoms with Crippen molar-refractivity contribution in [2.45, 2.75) is 73.5 Å². The third kappa shape index (κ3) is 3.56. The Morgan fingerprint density at radius 3 is 2.27 bits per heavy atom. The molecule has 0 saturated heterocycles. The summed E-state index contributed by atoms with van der Waals surface area (Å²) in [6.07, 6.45) is 2.60. The van der Waals surface area contributed by atoms with Gasteiger partial charge in [0.05, 0.1) is 10.6 Å². The summed E-state index contributed by atoms with van der Waals surface area (Å²) in [5, 5.41) is 1.07. The highest BCUT2D eigenvalue weighted by molar-refractivity contribution is 7.89. The number of benzene rings is 1. The van der Waals surface area contributed by atoms with Gasteiger partial charge in [0.15, 0.2) is 0 Å². The molecule has 2 aromatic heterocycles. The van der Waals surface area contributed by atoms with Crippen LogP contribution in [0.1, 0.15) is 62.5 Å². The molecule has 0 radical (unpaired) electrons. The normalized spacial score (nSPS) is 20.7. The largest absolute Gasteiger partial charge is 0.407 e. The molecule has 9 heteroatoms. The van der Waals surface area contributed by atoms with Gasteiger partial charge in [0.1, 0.15) is 11.2 Å². The lowest BCUT2D eigenvalue weighted by atomic mass is 9.92. The van der Waals surface area contributed by atoms with Crippen molar-refractivity contribution >= 4 is 21.1 Å². The Morgan fingerprint density at radius 2 is 1.73 bits per heavy atom. The molecule has 2 heterocycles. The summed E-state index contributed by atoms with van der Waals surface area (Å²) in [7, 11) is -4.28. The fourth-order valence-electron chi connectivity index (χ4n) is 4.70. The molecule has 174 valence electrons. The minimum atomic E-state index is -4.60. The Kier molecular flexibility index (Phi) is 4.52. The van der Waals surface area contributed by atoms with E-state index in [1.807, 2.05) is 10.9 Å². The smallest absolute Gasteiger partial charge is 0.322 e. The van der Waals surface area contributed by atoms with Crippen molar-refractivity contribution in [1.82, 2.24) is 14.3 Å². The molecular formula is C24H24F3N3O2S. The molecule has 1 aromatic carbocycles. The van der Waals surface area contributed by atoms with Gasteiger partial charge < -0.3 is 4.57 Å². The quantitative estimate of drug-likeness (QED) is 0.499. The van der Waals surface area contributed by atoms with Crippen molar-refractivity contribution in [3.63, 3.8) is 0 Å². The van der Waals surface area contributed by atoms with E-state index in [0.29, 0.717) is 12.0 Å². The van der Waals surface area contributed by atoms with Gasteiger partial charge >= 0.3 is 6.18 Å². The number of nitrogens with zero attached hydrogens (tertiary/aromatic N) is 2. The maximum atomic E-state index is 13.2. The van der Waals surface area contributed by atoms with Gasteiger partial charge in [0.2, 0.25) is 10.0 Å². The second-order valence-electron chi connectivity index (χ2n) is 9.65. The first-order chi connectivity index (χ1) is 15.7. The van der Waals surface area contributed by atoms with Crippen LogP contribution in [-0.2, 0) is 10.0 Å². The monoisotopic (exact) mass is 475 g/mol. The number of fused-ring (bicyclic) bond motifs is 1. The maximum Gasteiger partial charge on any atom is 0.407 e. The van der Waals surface area contributed by atoms with E-state index in [1.54, 1.807) is 12.1 Å². The van der Waals surface area contributed by atoms with Crippen LogP contribution >= 0.6 is 0 Å². The van der Waals surface area contributed by atoms with Crippen molar-refractivity contribution in [3.8, 4) is 11.3 Å². The van der Waals surface area contributed by atoms with Crippen LogP contribution in [0, 0.1) is 0 Å². The van der Waals surface area contributed by atoms with Gasteiger partial charge in [-0.15, -0.1) is 0 Å². The van der Waals surface area contributed by atoms with Gasteiger partial charge in [0.25, 0.3) is 0 Å². The Bertz CT molecular complexity index is 1330. The van der Waals surface area contributed by atoms with Crippen LogP contribution in [0.5, 0.6) is 0 Å². The number of halogens is 3. The highest BCUT2D eigenvalue weighted by Gasteiger charge is 2.65. The molecule has 6 rings (SSSR count). The van der Waals surface area contributed by atoms with Crippen LogP contribution in [0.3, 0.4) is 0 Å². The molecule has 3 aliphatic carbocycles. The molecule has 3 aromatic rings. The molecule has 0 spiro atoms. The Balaban J connectivity index is 1.35. The van der Waals surface area contributed by atoms with E-state index in [-0.39, 0.29) is 17.7 Å². The zero-order chi connectivity index (χ0) is 23.0. The zero-order valence-corrected chi connectivity index (χ0v) is 18.7. The topological polar surface area (TPSA) is 64.0 Å². The molecule has 0 bridgehead atoms. The van der Waals surface area contributed by atoms with Crippen molar-refractivity contribution < 1.29 is 21.6 Å². The first kappa shape index (κ1) is 21.2. The number of pyridine rings is 1. The number of hydrogen-bond donors (Lipinski definition) is 1. The minimum absolute atomic E-state index is 0.165. The van der Waals surface area contributed by atoms with Crippen molar-refractivity contribution in [3.05, 3.63) is 48.2 Å². The third-order valence-electron chi connectivity index (χ3n) is 7.27. The predicted octanol–water partition coefficient (Wildman–Crippen LogP) is 5.68. The van der Waals surface area contributed by atoms with Crippen molar-refractivity contribution in [2.24, 2.45) is 0 Å². The molecule has 0 aliphatic heterocycles. The second-order valence-corrected chi connectivity index (χ2v) is 11.3. The number of nitrogens with one attached hydrogen (secondary N) is 1. The Hall–Kier alpha value is -2.39. The van der Waals surface area contributed by atoms with Crippen LogP contribution in [0.2, 0.25) is 0 Å². The average Bonchev–Trinajstić information content (AvgIpc) is 3.65. The molecule has 0 amide bonds. The first-order valence-electron chi connectivity index (χ1n) is 11.4. The summed E-state index contributed by atoms with van der Waals surface area (Å²) in [5.74, 6) is 0.598. The fourth-order valence-corrected chi connectivity index (χ4v) is 6.14. The lowest BCUT2D eigenvalue weighted by Crippen LogP contribution is -2.47. The van der Waals surface area contributed by atoms with E-state index < -0.39 is 21.7 Å². The van der Waals surface area contributed by atoms with E-state index >= 15 is 0 Å². The zero-order valence-electron chi connectivity index (χ0n) is 17.9. The van der Waals surface area contributed by atoms with E-state index in [9.17, 15) is 21.6 Å². The maximum absolute atomic E-state index is 13.2. The van der Waals surface area contributed by atoms with Gasteiger partial charge in [-0.2, -0.15) is 17.9 Å². The van der Waals surface area contributed by atoms with Crippen LogP contribution in [-0.4, -0.2) is 29.7 Å². The summed E-state index contributed by atoms with van der Waals surface area (Å²) in [4.78, 5) is 4.60. The molecule has 3 saturated carbocycles. The highest BCUT2D eigenvalue weighted by Crippen LogP contribution is 2.50. The Morgan fingerprint density at radius 1 is 1.03 bits per heavy atom. The highest BCUT2D eigenvalue weighted by atomic mass is 32.2. The molecule has 33 heavy (non-hydrogen) atoms. The van der Waals surface area contributed by atoms with Gasteiger partial charge in [-0.3, -0.25) is 0 Å². The van der Waals surface area contributed by atoms with Crippen LogP contribution in [0.25, 0.3) is 22.3 Å². The Labute approximate surface area is 190 Å². The summed E-state index contributed by atoms with van der Waals surface area (Å²) in [5.41, 5.74) is 1.64. The lowest BCUT2D eigenvalue weighted by molar-refractivity contribution is -0.160. The number of alkyl halides is 3. The fraction of sp³-hybridized carbons (Fsp3) is 0.458. The van der Waals surface area contributed by atoms with Crippen LogP contribution in [0.4, 0.5) is 13.2 Å². The number of aromatic nitrogens is 2. The number of rotatable bonds is 6. The van der Waals surface area contributed by atoms with Crippen LogP contribution in [0.15, 0.2) is 47.5 Å². The predicted molar refractivity (Wildman–Crippen MR) is 118 cm³/mol. The first-order valence-corrected chi connectivity index (χ1v) is 12.9. The van der Waals surface area contributed by atoms with Crippen molar-refractivity contribution in [1.29, 1.82) is 0 Å². The lowest BCUT2D eigenvalue weighted by Gasteiger charge is -2.29. The van der Waals surface area contributed by atoms with E-state index in [2.05, 4.69) is 16.7 Å². The SMILES string of the molecule is O=S(=O)(NC1(C(F)(F)F)CC1)c1ccc(-c2cc3cc(C4CC4)cnc3n2C2CCC2)cc1. The summed E-state index contributed by atoms with van der Waals surface area (Å²) < 4.78 is 69.1. The molecule has 0 unspecified atom stereocenters. The second kappa shape index (κ2) is 7.06. The van der Waals surface area contributed by atoms with E-state index in [4.69, 9.17) is 4.98 Å². The molecule has 1 N–H and O–H groups in total. The third-order valence-corrected chi connectivity index (χ3v) is 8.82. The van der Waals surface area contributed by atoms with Gasteiger partial charge in [-0.1, -0.05) is 12.1 Å². The minimum Gasteiger partial charge on any atom is -0.322 e. The molecular weight excluding hydrogens is 451 g/mol. The summed E-state index contributed by atoms with van der Waals surface area (Å²) in [6, 6.07) is 10.8. The molecule has 0 atom stereocenters. The van der Waals surface area contributed by atoms with E-state index in [0.717, 1.165) is 41.6 Å². The summed E-state index contributed by atoms with van der Waals surface area (Å²) in [6.45, 7) is 0. The molecule has 3 fully saturated rings. The van der Waals surface area contributed by atoms with Crippen molar-refractivity contribution in [2.75, 3.05) is 0 Å². The van der Waals surface area contributed by atoms with Gasteiger partial charge in [-0.25, -0.2) is 13.4 Å². The average molecular weight is 476 g/mol. The summed E-state index contributed by atoms with van der Waals surface area (Å²) >= 11 is 0. The standard InChI is InChI=1S/C24H24F3N3O2S/c25-24(26,27)23(10-11-23)29-33(31,32)20-8-6-16(7-9-20)21-13-17-12-18(15-4-5-15)14-28-22(17)30(21)19-2-1-3-19/h6-9,12-15,19,29H,1-5,10-11H2. The number of sulfonamides is 1. The number of hydrogen-bond acceptors (Lipinski definition) is 3.